The van der Waals surface area contributed by atoms with Crippen molar-refractivity contribution in [3.63, 3.8) is 0 Å². The molecule has 0 saturated carbocycles. The highest BCUT2D eigenvalue weighted by molar-refractivity contribution is 4.79. The van der Waals surface area contributed by atoms with Gasteiger partial charge in [-0.3, -0.25) is 0 Å². The summed E-state index contributed by atoms with van der Waals surface area (Å²) in [6.45, 7) is 15.6. The van der Waals surface area contributed by atoms with Gasteiger partial charge in [-0.15, -0.1) is 0 Å². The Balaban J connectivity index is 3.84. The zero-order valence-corrected chi connectivity index (χ0v) is 9.48. The Bertz CT molecular complexity index is 106. The van der Waals surface area contributed by atoms with E-state index in [1.165, 1.54) is 19.3 Å². The summed E-state index contributed by atoms with van der Waals surface area (Å²) >= 11 is 0. The summed E-state index contributed by atoms with van der Waals surface area (Å²) < 4.78 is 0. The van der Waals surface area contributed by atoms with Crippen LogP contribution in [0.1, 0.15) is 53.9 Å². The van der Waals surface area contributed by atoms with Crippen molar-refractivity contribution < 1.29 is 0 Å². The van der Waals surface area contributed by atoms with Crippen LogP contribution in [0.25, 0.3) is 0 Å². The first kappa shape index (κ1) is 12.0. The van der Waals surface area contributed by atoms with Crippen LogP contribution in [-0.4, -0.2) is 0 Å². The molecule has 0 heteroatoms. The van der Waals surface area contributed by atoms with Crippen molar-refractivity contribution in [3.05, 3.63) is 6.92 Å². The minimum Gasteiger partial charge on any atom is -0.0651 e. The third-order valence-corrected chi connectivity index (χ3v) is 2.69. The molecular weight excluding hydrogens is 144 g/mol. The summed E-state index contributed by atoms with van der Waals surface area (Å²) in [7, 11) is 0. The largest absolute Gasteiger partial charge is 0.0651 e. The standard InChI is InChI=1S/C12H25/c1-7-11(12(4,5)6)9-8-10(2)3/h10-11H,4,7-9H2,1-3,5-6H3. The fraction of sp³-hybridized carbons (Fsp3) is 0.917. The van der Waals surface area contributed by atoms with Crippen molar-refractivity contribution in [2.24, 2.45) is 17.3 Å². The molecule has 1 atom stereocenters. The first-order valence-corrected chi connectivity index (χ1v) is 5.23. The quantitative estimate of drug-likeness (QED) is 0.575. The van der Waals surface area contributed by atoms with Crippen LogP contribution in [0, 0.1) is 24.2 Å². The lowest BCUT2D eigenvalue weighted by molar-refractivity contribution is 0.239. The Hall–Kier alpha value is 0. The van der Waals surface area contributed by atoms with E-state index in [0.29, 0.717) is 0 Å². The lowest BCUT2D eigenvalue weighted by Crippen LogP contribution is -2.20. The highest BCUT2D eigenvalue weighted by atomic mass is 14.3. The Morgan fingerprint density at radius 2 is 1.67 bits per heavy atom. The Kier molecular flexibility index (Phi) is 4.89. The number of hydrogen-bond acceptors (Lipinski definition) is 0. The molecule has 1 unspecified atom stereocenters. The molecule has 12 heavy (non-hydrogen) atoms. The second-order valence-corrected chi connectivity index (χ2v) is 5.06. The summed E-state index contributed by atoms with van der Waals surface area (Å²) in [6.07, 6.45) is 3.95. The zero-order chi connectivity index (χ0) is 9.78. The molecule has 1 radical (unpaired) electrons. The van der Waals surface area contributed by atoms with Gasteiger partial charge in [-0.2, -0.15) is 0 Å². The van der Waals surface area contributed by atoms with Gasteiger partial charge in [-0.25, -0.2) is 0 Å². The number of rotatable bonds is 5. The Morgan fingerprint density at radius 3 is 1.92 bits per heavy atom. The molecule has 0 rings (SSSR count). The molecule has 0 spiro atoms. The van der Waals surface area contributed by atoms with E-state index < -0.39 is 0 Å². The fourth-order valence-electron chi connectivity index (χ4n) is 1.68. The van der Waals surface area contributed by atoms with E-state index in [1.54, 1.807) is 0 Å². The summed E-state index contributed by atoms with van der Waals surface area (Å²) in [6, 6.07) is 0. The summed E-state index contributed by atoms with van der Waals surface area (Å²) in [5.74, 6) is 1.63. The van der Waals surface area contributed by atoms with E-state index in [1.807, 2.05) is 0 Å². The van der Waals surface area contributed by atoms with Crippen molar-refractivity contribution in [3.8, 4) is 0 Å². The van der Waals surface area contributed by atoms with Crippen molar-refractivity contribution in [1.82, 2.24) is 0 Å². The molecule has 0 bridgehead atoms. The molecule has 73 valence electrons. The van der Waals surface area contributed by atoms with E-state index >= 15 is 0 Å². The molecule has 0 heterocycles. The van der Waals surface area contributed by atoms with Crippen LogP contribution in [-0.2, 0) is 0 Å². The van der Waals surface area contributed by atoms with Gasteiger partial charge in [0.2, 0.25) is 0 Å². The molecule has 0 aromatic rings. The molecule has 0 aliphatic heterocycles. The summed E-state index contributed by atoms with van der Waals surface area (Å²) in [5, 5.41) is 0. The summed E-state index contributed by atoms with van der Waals surface area (Å²) in [5.41, 5.74) is 0.254. The van der Waals surface area contributed by atoms with Gasteiger partial charge in [0.25, 0.3) is 0 Å². The molecule has 0 fully saturated rings. The van der Waals surface area contributed by atoms with Crippen molar-refractivity contribution >= 4 is 0 Å². The van der Waals surface area contributed by atoms with Crippen LogP contribution >= 0.6 is 0 Å². The highest BCUT2D eigenvalue weighted by Crippen LogP contribution is 2.32. The van der Waals surface area contributed by atoms with Crippen LogP contribution in [0.3, 0.4) is 0 Å². The van der Waals surface area contributed by atoms with Crippen LogP contribution in [0.4, 0.5) is 0 Å². The Labute approximate surface area is 78.8 Å². The highest BCUT2D eigenvalue weighted by Gasteiger charge is 2.22. The van der Waals surface area contributed by atoms with Crippen LogP contribution in [0.15, 0.2) is 0 Å². The van der Waals surface area contributed by atoms with E-state index in [4.69, 9.17) is 0 Å². The minimum atomic E-state index is 0.254. The molecule has 0 N–H and O–H groups in total. The molecule has 0 aromatic heterocycles. The van der Waals surface area contributed by atoms with Crippen molar-refractivity contribution in [1.29, 1.82) is 0 Å². The number of hydrogen-bond donors (Lipinski definition) is 0. The first-order valence-electron chi connectivity index (χ1n) is 5.23. The van der Waals surface area contributed by atoms with E-state index in [0.717, 1.165) is 11.8 Å². The van der Waals surface area contributed by atoms with Gasteiger partial charge in [0.1, 0.15) is 0 Å². The van der Waals surface area contributed by atoms with Crippen molar-refractivity contribution in [2.45, 2.75) is 53.9 Å². The van der Waals surface area contributed by atoms with Crippen LogP contribution in [0.5, 0.6) is 0 Å². The summed E-state index contributed by atoms with van der Waals surface area (Å²) in [4.78, 5) is 0. The maximum Gasteiger partial charge on any atom is -0.0326 e. The van der Waals surface area contributed by atoms with Crippen molar-refractivity contribution in [2.75, 3.05) is 0 Å². The third-order valence-electron chi connectivity index (χ3n) is 2.69. The average molecular weight is 169 g/mol. The smallest absolute Gasteiger partial charge is 0.0326 e. The van der Waals surface area contributed by atoms with Gasteiger partial charge in [-0.1, -0.05) is 47.5 Å². The maximum atomic E-state index is 4.22. The van der Waals surface area contributed by atoms with Gasteiger partial charge in [0.05, 0.1) is 0 Å². The predicted octanol–water partition coefficient (Wildman–Crippen LogP) is 4.31. The molecular formula is C12H25. The topological polar surface area (TPSA) is 0 Å². The van der Waals surface area contributed by atoms with Crippen LogP contribution in [0.2, 0.25) is 0 Å². The lowest BCUT2D eigenvalue weighted by Gasteiger charge is -2.30. The SMILES string of the molecule is [CH2]C(C)(C)C(CC)CCC(C)C. The van der Waals surface area contributed by atoms with Gasteiger partial charge in [-0.05, 0) is 30.6 Å². The van der Waals surface area contributed by atoms with Gasteiger partial charge in [0, 0.05) is 0 Å². The van der Waals surface area contributed by atoms with Gasteiger partial charge in [0.15, 0.2) is 0 Å². The molecule has 0 amide bonds. The van der Waals surface area contributed by atoms with E-state index in [-0.39, 0.29) is 5.41 Å². The monoisotopic (exact) mass is 169 g/mol. The predicted molar refractivity (Wildman–Crippen MR) is 57.0 cm³/mol. The minimum absolute atomic E-state index is 0.254. The second-order valence-electron chi connectivity index (χ2n) is 5.06. The molecule has 0 saturated heterocycles. The molecule has 0 aliphatic rings. The van der Waals surface area contributed by atoms with E-state index in [2.05, 4.69) is 41.5 Å². The molecule has 0 aliphatic carbocycles. The van der Waals surface area contributed by atoms with Gasteiger partial charge >= 0.3 is 0 Å². The first-order chi connectivity index (χ1) is 5.38. The lowest BCUT2D eigenvalue weighted by atomic mass is 9.76. The second kappa shape index (κ2) is 4.89. The third kappa shape index (κ3) is 4.79. The van der Waals surface area contributed by atoms with Gasteiger partial charge < -0.3 is 0 Å². The van der Waals surface area contributed by atoms with E-state index in [9.17, 15) is 0 Å². The maximum absolute atomic E-state index is 4.22. The molecule has 0 nitrogen and oxygen atoms in total. The normalized spacial score (nSPS) is 15.2. The Morgan fingerprint density at radius 1 is 1.17 bits per heavy atom. The average Bonchev–Trinajstić information content (AvgIpc) is 1.85. The van der Waals surface area contributed by atoms with Crippen LogP contribution < -0.4 is 0 Å². The zero-order valence-electron chi connectivity index (χ0n) is 9.48. The fourth-order valence-corrected chi connectivity index (χ4v) is 1.68. The molecule has 0 aromatic carbocycles.